The van der Waals surface area contributed by atoms with Crippen molar-refractivity contribution in [2.75, 3.05) is 26.3 Å². The van der Waals surface area contributed by atoms with Crippen LogP contribution in [0.25, 0.3) is 0 Å². The molecule has 5 nitrogen and oxygen atoms in total. The van der Waals surface area contributed by atoms with E-state index in [4.69, 9.17) is 4.74 Å². The average Bonchev–Trinajstić information content (AvgIpc) is 2.66. The Morgan fingerprint density at radius 3 is 2.59 bits per heavy atom. The molecule has 154 valence electrons. The van der Waals surface area contributed by atoms with E-state index in [0.717, 1.165) is 33.4 Å². The maximum Gasteiger partial charge on any atom is 0.252 e. The van der Waals surface area contributed by atoms with Gasteiger partial charge in [-0.05, 0) is 30.4 Å². The van der Waals surface area contributed by atoms with Gasteiger partial charge in [0.05, 0.1) is 13.2 Å². The molecule has 1 atom stereocenters. The maximum absolute atomic E-state index is 13.6. The molecule has 0 saturated carbocycles. The standard InChI is InChI=1S/C23H27BrN2O3/c1-14-19(22(28)26-8-10-29-11-9-26)20(15-6-4-5-7-16(15)24)21-17(25-14)12-23(2,3)13-18(21)27/h4-7,20,25H,8-13H2,1-3H3. The number of nitrogens with one attached hydrogen (secondary N) is 1. The minimum absolute atomic E-state index is 0.0109. The van der Waals surface area contributed by atoms with Crippen LogP contribution in [0.4, 0.5) is 0 Å². The molecule has 1 N–H and O–H groups in total. The average molecular weight is 459 g/mol. The predicted molar refractivity (Wildman–Crippen MR) is 115 cm³/mol. The number of benzene rings is 1. The van der Waals surface area contributed by atoms with Crippen LogP contribution in [0.15, 0.2) is 51.3 Å². The van der Waals surface area contributed by atoms with Gasteiger partial charge in [0.25, 0.3) is 5.91 Å². The number of carbonyl (C=O) groups excluding carboxylic acids is 2. The van der Waals surface area contributed by atoms with Crippen LogP contribution in [0.5, 0.6) is 0 Å². The highest BCUT2D eigenvalue weighted by Gasteiger charge is 2.44. The molecule has 1 amide bonds. The van der Waals surface area contributed by atoms with Gasteiger partial charge in [-0.2, -0.15) is 0 Å². The first-order chi connectivity index (χ1) is 13.8. The topological polar surface area (TPSA) is 58.6 Å². The van der Waals surface area contributed by atoms with E-state index in [-0.39, 0.29) is 23.0 Å². The lowest BCUT2D eigenvalue weighted by molar-refractivity contribution is -0.131. The molecule has 0 radical (unpaired) electrons. The Balaban J connectivity index is 1.85. The van der Waals surface area contributed by atoms with Crippen LogP contribution in [0.1, 0.15) is 45.1 Å². The van der Waals surface area contributed by atoms with Crippen molar-refractivity contribution in [3.63, 3.8) is 0 Å². The highest BCUT2D eigenvalue weighted by molar-refractivity contribution is 9.10. The van der Waals surface area contributed by atoms with Gasteiger partial charge in [-0.1, -0.05) is 48.0 Å². The second-order valence-electron chi connectivity index (χ2n) is 8.86. The number of hydrogen-bond acceptors (Lipinski definition) is 4. The number of amides is 1. The highest BCUT2D eigenvalue weighted by atomic mass is 79.9. The second-order valence-corrected chi connectivity index (χ2v) is 9.71. The van der Waals surface area contributed by atoms with E-state index >= 15 is 0 Å². The predicted octanol–water partition coefficient (Wildman–Crippen LogP) is 3.91. The zero-order valence-electron chi connectivity index (χ0n) is 17.2. The Hall–Kier alpha value is -1.92. The summed E-state index contributed by atoms with van der Waals surface area (Å²) in [5, 5.41) is 3.44. The number of nitrogens with zero attached hydrogens (tertiary/aromatic N) is 1. The zero-order valence-corrected chi connectivity index (χ0v) is 18.8. The number of halogens is 1. The monoisotopic (exact) mass is 458 g/mol. The first-order valence-corrected chi connectivity index (χ1v) is 10.9. The van der Waals surface area contributed by atoms with E-state index in [1.54, 1.807) is 0 Å². The number of carbonyl (C=O) groups is 2. The number of rotatable bonds is 2. The van der Waals surface area contributed by atoms with Crippen LogP contribution in [0.3, 0.4) is 0 Å². The highest BCUT2D eigenvalue weighted by Crippen LogP contribution is 2.48. The fourth-order valence-corrected chi connectivity index (χ4v) is 5.19. The third-order valence-corrected chi connectivity index (χ3v) is 6.71. The Morgan fingerprint density at radius 2 is 1.90 bits per heavy atom. The van der Waals surface area contributed by atoms with Crippen LogP contribution in [0.2, 0.25) is 0 Å². The van der Waals surface area contributed by atoms with E-state index in [9.17, 15) is 9.59 Å². The van der Waals surface area contributed by atoms with E-state index in [1.807, 2.05) is 36.1 Å². The minimum Gasteiger partial charge on any atom is -0.378 e. The lowest BCUT2D eigenvalue weighted by Crippen LogP contribution is -2.45. The molecule has 3 aliphatic rings. The second kappa shape index (κ2) is 7.73. The molecule has 1 aliphatic carbocycles. The van der Waals surface area contributed by atoms with Gasteiger partial charge in [0.1, 0.15) is 0 Å². The molecule has 0 aromatic heterocycles. The Labute approximate surface area is 180 Å². The van der Waals surface area contributed by atoms with Crippen molar-refractivity contribution < 1.29 is 14.3 Å². The quantitative estimate of drug-likeness (QED) is 0.729. The Kier molecular flexibility index (Phi) is 5.42. The summed E-state index contributed by atoms with van der Waals surface area (Å²) in [5.41, 5.74) is 4.09. The van der Waals surface area contributed by atoms with E-state index in [2.05, 4.69) is 35.1 Å². The SMILES string of the molecule is CC1=C(C(=O)N2CCOCC2)C(c2ccccc2Br)C2=C(CC(C)(C)CC2=O)N1. The largest absolute Gasteiger partial charge is 0.378 e. The summed E-state index contributed by atoms with van der Waals surface area (Å²) in [4.78, 5) is 28.7. The van der Waals surface area contributed by atoms with E-state index < -0.39 is 0 Å². The molecule has 2 aliphatic heterocycles. The molecule has 1 aromatic carbocycles. The van der Waals surface area contributed by atoms with Crippen LogP contribution in [0, 0.1) is 5.41 Å². The number of dihydropyridines is 1. The summed E-state index contributed by atoms with van der Waals surface area (Å²) in [6.07, 6.45) is 1.29. The number of hydrogen-bond donors (Lipinski definition) is 1. The first-order valence-electron chi connectivity index (χ1n) is 10.1. The fraction of sp³-hybridized carbons (Fsp3) is 0.478. The van der Waals surface area contributed by atoms with Gasteiger partial charge in [0, 0.05) is 52.4 Å². The van der Waals surface area contributed by atoms with Crippen LogP contribution < -0.4 is 5.32 Å². The Bertz CT molecular complexity index is 926. The molecule has 2 heterocycles. The minimum atomic E-state index is -0.360. The van der Waals surface area contributed by atoms with Crippen molar-refractivity contribution in [2.24, 2.45) is 5.41 Å². The van der Waals surface area contributed by atoms with Crippen molar-refractivity contribution in [2.45, 2.75) is 39.5 Å². The maximum atomic E-state index is 13.6. The number of morpholine rings is 1. The lowest BCUT2D eigenvalue weighted by Gasteiger charge is -2.41. The lowest BCUT2D eigenvalue weighted by atomic mass is 9.68. The molecule has 0 bridgehead atoms. The zero-order chi connectivity index (χ0) is 20.8. The molecule has 29 heavy (non-hydrogen) atoms. The van der Waals surface area contributed by atoms with Crippen LogP contribution in [-0.4, -0.2) is 42.9 Å². The van der Waals surface area contributed by atoms with Crippen molar-refractivity contribution in [3.8, 4) is 0 Å². The third kappa shape index (κ3) is 3.80. The normalized spacial score (nSPS) is 24.3. The van der Waals surface area contributed by atoms with Crippen LogP contribution in [-0.2, 0) is 14.3 Å². The van der Waals surface area contributed by atoms with E-state index in [1.165, 1.54) is 0 Å². The van der Waals surface area contributed by atoms with Crippen molar-refractivity contribution in [3.05, 3.63) is 56.8 Å². The molecule has 1 aromatic rings. The van der Waals surface area contributed by atoms with Gasteiger partial charge in [-0.25, -0.2) is 0 Å². The number of ketones is 1. The van der Waals surface area contributed by atoms with E-state index in [0.29, 0.717) is 38.3 Å². The molecule has 1 saturated heterocycles. The number of ether oxygens (including phenoxy) is 1. The van der Waals surface area contributed by atoms with Gasteiger partial charge in [0.2, 0.25) is 0 Å². The first kappa shape index (κ1) is 20.4. The van der Waals surface area contributed by atoms with Crippen molar-refractivity contribution in [1.29, 1.82) is 0 Å². The molecule has 4 rings (SSSR count). The third-order valence-electron chi connectivity index (χ3n) is 5.98. The molecule has 6 heteroatoms. The van der Waals surface area contributed by atoms with Crippen molar-refractivity contribution >= 4 is 27.6 Å². The molecule has 0 spiro atoms. The summed E-state index contributed by atoms with van der Waals surface area (Å²) in [5.74, 6) is -0.242. The van der Waals surface area contributed by atoms with Gasteiger partial charge in [-0.15, -0.1) is 0 Å². The summed E-state index contributed by atoms with van der Waals surface area (Å²) < 4.78 is 6.34. The molecule has 1 fully saturated rings. The summed E-state index contributed by atoms with van der Waals surface area (Å²) >= 11 is 3.66. The molecule has 1 unspecified atom stereocenters. The number of Topliss-reactive ketones (excluding diaryl/α,β-unsaturated/α-hetero) is 1. The van der Waals surface area contributed by atoms with Crippen molar-refractivity contribution in [1.82, 2.24) is 10.2 Å². The fourth-order valence-electron chi connectivity index (χ4n) is 4.68. The van der Waals surface area contributed by atoms with Gasteiger partial charge in [-0.3, -0.25) is 9.59 Å². The number of allylic oxidation sites excluding steroid dienone is 3. The summed E-state index contributed by atoms with van der Waals surface area (Å²) in [6, 6.07) is 7.90. The smallest absolute Gasteiger partial charge is 0.252 e. The van der Waals surface area contributed by atoms with Gasteiger partial charge >= 0.3 is 0 Å². The summed E-state index contributed by atoms with van der Waals surface area (Å²) in [7, 11) is 0. The Morgan fingerprint density at radius 1 is 1.21 bits per heavy atom. The summed E-state index contributed by atoms with van der Waals surface area (Å²) in [6.45, 7) is 8.44. The van der Waals surface area contributed by atoms with Crippen LogP contribution >= 0.6 is 15.9 Å². The molecular weight excluding hydrogens is 432 g/mol. The molecular formula is C23H27BrN2O3. The van der Waals surface area contributed by atoms with Gasteiger partial charge < -0.3 is 15.0 Å². The van der Waals surface area contributed by atoms with Gasteiger partial charge in [0.15, 0.2) is 5.78 Å².